The van der Waals surface area contributed by atoms with E-state index in [0.29, 0.717) is 5.75 Å². The molecule has 2 aromatic carbocycles. The SMILES string of the molecule is N#CCOc1ccc(-c2nc(-c3ccccc3)cs2)cc1. The summed E-state index contributed by atoms with van der Waals surface area (Å²) in [6.07, 6.45) is 0. The molecule has 1 heterocycles. The molecule has 0 amide bonds. The van der Waals surface area contributed by atoms with Gasteiger partial charge in [-0.15, -0.1) is 11.3 Å². The van der Waals surface area contributed by atoms with E-state index in [4.69, 9.17) is 10.00 Å². The van der Waals surface area contributed by atoms with Gasteiger partial charge in [-0.25, -0.2) is 4.98 Å². The minimum absolute atomic E-state index is 0.0642. The van der Waals surface area contributed by atoms with E-state index in [0.717, 1.165) is 21.8 Å². The van der Waals surface area contributed by atoms with E-state index >= 15 is 0 Å². The van der Waals surface area contributed by atoms with E-state index in [1.807, 2.05) is 48.5 Å². The van der Waals surface area contributed by atoms with Crippen LogP contribution in [-0.2, 0) is 0 Å². The van der Waals surface area contributed by atoms with Gasteiger partial charge < -0.3 is 4.74 Å². The lowest BCUT2D eigenvalue weighted by Crippen LogP contribution is -1.92. The normalized spacial score (nSPS) is 10.0. The van der Waals surface area contributed by atoms with Crippen molar-refractivity contribution in [2.75, 3.05) is 6.61 Å². The molecule has 0 saturated heterocycles. The summed E-state index contributed by atoms with van der Waals surface area (Å²) in [4.78, 5) is 4.67. The molecule has 3 aromatic rings. The lowest BCUT2D eigenvalue weighted by Gasteiger charge is -2.02. The van der Waals surface area contributed by atoms with Crippen molar-refractivity contribution in [1.29, 1.82) is 5.26 Å². The number of ether oxygens (including phenoxy) is 1. The zero-order chi connectivity index (χ0) is 14.5. The number of benzene rings is 2. The van der Waals surface area contributed by atoms with Crippen molar-refractivity contribution in [2.45, 2.75) is 0 Å². The van der Waals surface area contributed by atoms with Crippen molar-refractivity contribution in [3.8, 4) is 33.6 Å². The van der Waals surface area contributed by atoms with E-state index in [9.17, 15) is 0 Å². The molecule has 0 aliphatic heterocycles. The van der Waals surface area contributed by atoms with Crippen LogP contribution in [0.25, 0.3) is 21.8 Å². The van der Waals surface area contributed by atoms with Crippen LogP contribution in [0.2, 0.25) is 0 Å². The van der Waals surface area contributed by atoms with Gasteiger partial charge in [0.05, 0.1) is 5.69 Å². The van der Waals surface area contributed by atoms with Crippen LogP contribution in [0.4, 0.5) is 0 Å². The third kappa shape index (κ3) is 3.10. The Bertz CT molecular complexity index is 757. The molecule has 0 saturated carbocycles. The van der Waals surface area contributed by atoms with Crippen molar-refractivity contribution in [2.24, 2.45) is 0 Å². The summed E-state index contributed by atoms with van der Waals surface area (Å²) in [6.45, 7) is 0.0642. The fourth-order valence-electron chi connectivity index (χ4n) is 1.96. The topological polar surface area (TPSA) is 45.9 Å². The first-order valence-corrected chi connectivity index (χ1v) is 7.36. The summed E-state index contributed by atoms with van der Waals surface area (Å²) in [6, 6.07) is 19.7. The van der Waals surface area contributed by atoms with Gasteiger partial charge in [0.15, 0.2) is 6.61 Å². The summed E-state index contributed by atoms with van der Waals surface area (Å²) in [5.41, 5.74) is 3.15. The molecule has 0 fully saturated rings. The number of thiazole rings is 1. The van der Waals surface area contributed by atoms with E-state index in [2.05, 4.69) is 22.5 Å². The number of nitriles is 1. The van der Waals surface area contributed by atoms with Crippen LogP contribution in [-0.4, -0.2) is 11.6 Å². The Balaban J connectivity index is 1.82. The lowest BCUT2D eigenvalue weighted by atomic mass is 10.2. The van der Waals surface area contributed by atoms with Crippen LogP contribution in [0.1, 0.15) is 0 Å². The number of hydrogen-bond donors (Lipinski definition) is 0. The molecule has 21 heavy (non-hydrogen) atoms. The van der Waals surface area contributed by atoms with Crippen molar-refractivity contribution >= 4 is 11.3 Å². The van der Waals surface area contributed by atoms with E-state index < -0.39 is 0 Å². The third-order valence-corrected chi connectivity index (χ3v) is 3.87. The predicted molar refractivity (Wildman–Crippen MR) is 84.1 cm³/mol. The van der Waals surface area contributed by atoms with Gasteiger partial charge in [0.25, 0.3) is 0 Å². The average molecular weight is 292 g/mol. The largest absolute Gasteiger partial charge is 0.479 e. The summed E-state index contributed by atoms with van der Waals surface area (Å²) >= 11 is 1.62. The van der Waals surface area contributed by atoms with E-state index in [-0.39, 0.29) is 6.61 Å². The van der Waals surface area contributed by atoms with E-state index in [1.165, 1.54) is 0 Å². The Morgan fingerprint density at radius 3 is 2.48 bits per heavy atom. The van der Waals surface area contributed by atoms with E-state index in [1.54, 1.807) is 11.3 Å². The highest BCUT2D eigenvalue weighted by molar-refractivity contribution is 7.13. The molecular weight excluding hydrogens is 280 g/mol. The molecule has 0 radical (unpaired) electrons. The summed E-state index contributed by atoms with van der Waals surface area (Å²) in [7, 11) is 0. The van der Waals surface area contributed by atoms with Crippen molar-refractivity contribution < 1.29 is 4.74 Å². The molecule has 0 aliphatic carbocycles. The number of hydrogen-bond acceptors (Lipinski definition) is 4. The number of rotatable bonds is 4. The quantitative estimate of drug-likeness (QED) is 0.717. The molecule has 4 heteroatoms. The Morgan fingerprint density at radius 2 is 1.76 bits per heavy atom. The van der Waals surface area contributed by atoms with Crippen molar-refractivity contribution in [3.05, 3.63) is 60.0 Å². The summed E-state index contributed by atoms with van der Waals surface area (Å²) in [5, 5.41) is 11.5. The highest BCUT2D eigenvalue weighted by Crippen LogP contribution is 2.29. The van der Waals surface area contributed by atoms with Gasteiger partial charge in [-0.2, -0.15) is 5.26 Å². The van der Waals surface area contributed by atoms with Gasteiger partial charge in [-0.05, 0) is 24.3 Å². The Labute approximate surface area is 127 Å². The molecule has 3 rings (SSSR count). The molecule has 0 aliphatic rings. The smallest absolute Gasteiger partial charge is 0.174 e. The van der Waals surface area contributed by atoms with Crippen molar-refractivity contribution in [3.63, 3.8) is 0 Å². The van der Waals surface area contributed by atoms with Crippen molar-refractivity contribution in [1.82, 2.24) is 4.98 Å². The highest BCUT2D eigenvalue weighted by atomic mass is 32.1. The minimum Gasteiger partial charge on any atom is -0.479 e. The molecule has 1 aromatic heterocycles. The van der Waals surface area contributed by atoms with Gasteiger partial charge in [0, 0.05) is 16.5 Å². The second-order valence-electron chi connectivity index (χ2n) is 4.38. The Morgan fingerprint density at radius 1 is 1.00 bits per heavy atom. The third-order valence-electron chi connectivity index (χ3n) is 2.98. The average Bonchev–Trinajstić information content (AvgIpc) is 3.04. The fraction of sp³-hybridized carbons (Fsp3) is 0.0588. The maximum atomic E-state index is 8.49. The van der Waals surface area contributed by atoms with Crippen LogP contribution < -0.4 is 4.74 Å². The second kappa shape index (κ2) is 6.21. The highest BCUT2D eigenvalue weighted by Gasteiger charge is 2.06. The molecular formula is C17H12N2OS. The van der Waals surface area contributed by atoms with Gasteiger partial charge in [0.2, 0.25) is 0 Å². The van der Waals surface area contributed by atoms with Crippen LogP contribution in [0.5, 0.6) is 5.75 Å². The fourth-order valence-corrected chi connectivity index (χ4v) is 2.79. The predicted octanol–water partition coefficient (Wildman–Crippen LogP) is 4.38. The molecule has 3 nitrogen and oxygen atoms in total. The van der Waals surface area contributed by atoms with Crippen LogP contribution >= 0.6 is 11.3 Å². The maximum absolute atomic E-state index is 8.49. The summed E-state index contributed by atoms with van der Waals surface area (Å²) in [5.74, 6) is 0.695. The first-order valence-electron chi connectivity index (χ1n) is 6.48. The number of nitrogens with zero attached hydrogens (tertiary/aromatic N) is 2. The Hall–Kier alpha value is -2.64. The van der Waals surface area contributed by atoms with Gasteiger partial charge in [-0.1, -0.05) is 30.3 Å². The van der Waals surface area contributed by atoms with Gasteiger partial charge >= 0.3 is 0 Å². The molecule has 0 unspecified atom stereocenters. The maximum Gasteiger partial charge on any atom is 0.174 e. The first-order chi connectivity index (χ1) is 10.4. The zero-order valence-corrected chi connectivity index (χ0v) is 12.0. The molecule has 102 valence electrons. The standard InChI is InChI=1S/C17H12N2OS/c18-10-11-20-15-8-6-14(7-9-15)17-19-16(12-21-17)13-4-2-1-3-5-13/h1-9,12H,11H2. The molecule has 0 atom stereocenters. The molecule has 0 bridgehead atoms. The van der Waals surface area contributed by atoms with Gasteiger partial charge in [-0.3, -0.25) is 0 Å². The monoisotopic (exact) mass is 292 g/mol. The zero-order valence-electron chi connectivity index (χ0n) is 11.2. The summed E-state index contributed by atoms with van der Waals surface area (Å²) < 4.78 is 5.24. The van der Waals surface area contributed by atoms with Crippen LogP contribution in [0.3, 0.4) is 0 Å². The molecule has 0 N–H and O–H groups in total. The minimum atomic E-state index is 0.0642. The number of aromatic nitrogens is 1. The lowest BCUT2D eigenvalue weighted by molar-refractivity contribution is 0.368. The van der Waals surface area contributed by atoms with Gasteiger partial charge in [0.1, 0.15) is 16.8 Å². The Kier molecular flexibility index (Phi) is 3.95. The second-order valence-corrected chi connectivity index (χ2v) is 5.23. The first kappa shape index (κ1) is 13.3. The molecule has 0 spiro atoms. The van der Waals surface area contributed by atoms with Crippen LogP contribution in [0, 0.1) is 11.3 Å². The van der Waals surface area contributed by atoms with Crippen LogP contribution in [0.15, 0.2) is 60.0 Å².